The molecule has 0 bridgehead atoms. The molecule has 0 spiro atoms. The number of aliphatic hydroxyl groups is 1. The topological polar surface area (TPSA) is 40.5 Å². The Balaban J connectivity index is 2.67. The van der Waals surface area contributed by atoms with Gasteiger partial charge in [0.25, 0.3) is 0 Å². The highest BCUT2D eigenvalue weighted by Crippen LogP contribution is 2.16. The Morgan fingerprint density at radius 2 is 2.67 bits per heavy atom. The van der Waals surface area contributed by atoms with E-state index in [2.05, 4.69) is 0 Å². The van der Waals surface area contributed by atoms with Crippen molar-refractivity contribution >= 4 is 6.41 Å². The van der Waals surface area contributed by atoms with Crippen molar-refractivity contribution in [2.24, 2.45) is 0 Å². The van der Waals surface area contributed by atoms with E-state index in [1.54, 1.807) is 6.92 Å². The lowest BCUT2D eigenvalue weighted by atomic mass is 10.4. The fraction of sp³-hybridized carbons (Fsp3) is 0.500. The van der Waals surface area contributed by atoms with Crippen molar-refractivity contribution in [2.45, 2.75) is 19.6 Å². The Morgan fingerprint density at radius 1 is 2.00 bits per heavy atom. The van der Waals surface area contributed by atoms with Crippen LogP contribution in [0.1, 0.15) is 13.3 Å². The number of rotatable bonds is 1. The fourth-order valence-electron chi connectivity index (χ4n) is 0.883. The number of nitrogens with zero attached hydrogens (tertiary/aromatic N) is 1. The third kappa shape index (κ3) is 0.954. The molecule has 3 heteroatoms. The number of hydrogen-bond donors (Lipinski definition) is 1. The van der Waals surface area contributed by atoms with E-state index in [4.69, 9.17) is 5.11 Å². The maximum atomic E-state index is 10.2. The number of carbonyl (C=O) groups is 1. The molecule has 0 fully saturated rings. The predicted octanol–water partition coefficient (Wildman–Crippen LogP) is 0.0707. The summed E-state index contributed by atoms with van der Waals surface area (Å²) in [4.78, 5) is 11.5. The second-order valence-corrected chi connectivity index (χ2v) is 2.07. The van der Waals surface area contributed by atoms with Crippen LogP contribution in [0, 0.1) is 0 Å². The van der Waals surface area contributed by atoms with Gasteiger partial charge in [0.15, 0.2) is 0 Å². The third-order valence-electron chi connectivity index (χ3n) is 1.47. The summed E-state index contributed by atoms with van der Waals surface area (Å²) < 4.78 is 0. The summed E-state index contributed by atoms with van der Waals surface area (Å²) in [6, 6.07) is 0. The molecule has 0 saturated heterocycles. The molecule has 1 atom stereocenters. The Labute approximate surface area is 53.6 Å². The first-order chi connectivity index (χ1) is 4.25. The molecule has 1 unspecified atom stereocenters. The summed E-state index contributed by atoms with van der Waals surface area (Å²) in [6.07, 6.45) is 2.41. The maximum absolute atomic E-state index is 10.2. The van der Waals surface area contributed by atoms with E-state index >= 15 is 0 Å². The van der Waals surface area contributed by atoms with Gasteiger partial charge in [-0.2, -0.15) is 0 Å². The summed E-state index contributed by atoms with van der Waals surface area (Å²) in [7, 11) is 0. The predicted molar refractivity (Wildman–Crippen MR) is 32.3 cm³/mol. The van der Waals surface area contributed by atoms with Crippen LogP contribution in [-0.4, -0.2) is 22.6 Å². The minimum absolute atomic E-state index is 0.560. The Hall–Kier alpha value is -0.830. The number of amides is 1. The summed E-state index contributed by atoms with van der Waals surface area (Å²) in [5, 5.41) is 9.00. The summed E-state index contributed by atoms with van der Waals surface area (Å²) in [5.41, 5.74) is 0.831. The van der Waals surface area contributed by atoms with Gasteiger partial charge in [-0.05, 0) is 6.92 Å². The van der Waals surface area contributed by atoms with Gasteiger partial charge in [-0.3, -0.25) is 9.69 Å². The van der Waals surface area contributed by atoms with Gasteiger partial charge in [0.05, 0.1) is 0 Å². The zero-order chi connectivity index (χ0) is 6.85. The average Bonchev–Trinajstić information content (AvgIpc) is 2.12. The van der Waals surface area contributed by atoms with Gasteiger partial charge in [-0.15, -0.1) is 0 Å². The van der Waals surface area contributed by atoms with Gasteiger partial charge in [0.2, 0.25) is 6.41 Å². The van der Waals surface area contributed by atoms with E-state index in [-0.39, 0.29) is 0 Å². The molecule has 1 rings (SSSR count). The molecule has 1 N–H and O–H groups in total. The molecule has 0 aromatic carbocycles. The Bertz CT molecular complexity index is 153. The van der Waals surface area contributed by atoms with E-state index in [0.29, 0.717) is 12.8 Å². The zero-order valence-electron chi connectivity index (χ0n) is 5.24. The van der Waals surface area contributed by atoms with Crippen LogP contribution in [0.3, 0.4) is 0 Å². The van der Waals surface area contributed by atoms with E-state index in [0.717, 1.165) is 5.70 Å². The van der Waals surface area contributed by atoms with Gasteiger partial charge in [0, 0.05) is 12.1 Å². The van der Waals surface area contributed by atoms with Crippen LogP contribution in [0.25, 0.3) is 0 Å². The molecule has 0 aliphatic carbocycles. The summed E-state index contributed by atoms with van der Waals surface area (Å²) in [6.45, 7) is 1.80. The molecular formula is C6H9NO2. The Kier molecular flexibility index (Phi) is 1.53. The molecule has 50 valence electrons. The van der Waals surface area contributed by atoms with Crippen LogP contribution in [0.2, 0.25) is 0 Å². The normalized spacial score (nSPS) is 26.2. The molecule has 1 aliphatic rings. The lowest BCUT2D eigenvalue weighted by Crippen LogP contribution is -2.26. The van der Waals surface area contributed by atoms with Crippen LogP contribution < -0.4 is 0 Å². The average molecular weight is 127 g/mol. The molecule has 0 aromatic rings. The van der Waals surface area contributed by atoms with Crippen molar-refractivity contribution in [1.29, 1.82) is 0 Å². The fourth-order valence-corrected chi connectivity index (χ4v) is 0.883. The first kappa shape index (κ1) is 6.29. The van der Waals surface area contributed by atoms with Gasteiger partial charge in [-0.25, -0.2) is 0 Å². The van der Waals surface area contributed by atoms with Crippen molar-refractivity contribution < 1.29 is 9.90 Å². The lowest BCUT2D eigenvalue weighted by Gasteiger charge is -2.15. The lowest BCUT2D eigenvalue weighted by molar-refractivity contribution is -0.122. The SMILES string of the molecule is CC1=CCC(O)N1C=O. The molecule has 1 aliphatic heterocycles. The minimum Gasteiger partial charge on any atom is -0.373 e. The van der Waals surface area contributed by atoms with Gasteiger partial charge in [0.1, 0.15) is 6.23 Å². The molecular weight excluding hydrogens is 118 g/mol. The van der Waals surface area contributed by atoms with E-state index in [9.17, 15) is 4.79 Å². The van der Waals surface area contributed by atoms with Gasteiger partial charge < -0.3 is 5.11 Å². The maximum Gasteiger partial charge on any atom is 0.215 e. The van der Waals surface area contributed by atoms with Crippen LogP contribution in [-0.2, 0) is 4.79 Å². The van der Waals surface area contributed by atoms with Crippen LogP contribution >= 0.6 is 0 Å². The first-order valence-corrected chi connectivity index (χ1v) is 2.84. The molecule has 1 amide bonds. The smallest absolute Gasteiger partial charge is 0.215 e. The van der Waals surface area contributed by atoms with Gasteiger partial charge >= 0.3 is 0 Å². The Morgan fingerprint density at radius 3 is 2.89 bits per heavy atom. The molecule has 0 aromatic heterocycles. The number of hydrogen-bond acceptors (Lipinski definition) is 2. The third-order valence-corrected chi connectivity index (χ3v) is 1.47. The van der Waals surface area contributed by atoms with Gasteiger partial charge in [-0.1, -0.05) is 6.08 Å². The van der Waals surface area contributed by atoms with Crippen molar-refractivity contribution in [3.8, 4) is 0 Å². The largest absolute Gasteiger partial charge is 0.373 e. The van der Waals surface area contributed by atoms with Crippen molar-refractivity contribution in [3.63, 3.8) is 0 Å². The summed E-state index contributed by atoms with van der Waals surface area (Å²) >= 11 is 0. The molecule has 1 heterocycles. The van der Waals surface area contributed by atoms with Crippen LogP contribution in [0.4, 0.5) is 0 Å². The molecule has 3 nitrogen and oxygen atoms in total. The second-order valence-electron chi connectivity index (χ2n) is 2.07. The molecule has 0 saturated carbocycles. The quantitative estimate of drug-likeness (QED) is 0.506. The van der Waals surface area contributed by atoms with Crippen molar-refractivity contribution in [1.82, 2.24) is 4.90 Å². The van der Waals surface area contributed by atoms with Crippen LogP contribution in [0.15, 0.2) is 11.8 Å². The molecule has 0 radical (unpaired) electrons. The number of allylic oxidation sites excluding steroid dienone is 1. The highest BCUT2D eigenvalue weighted by Gasteiger charge is 2.19. The standard InChI is InChI=1S/C6H9NO2/c1-5-2-3-6(9)7(5)4-8/h2,4,6,9H,3H2,1H3. The van der Waals surface area contributed by atoms with E-state index in [1.807, 2.05) is 6.08 Å². The first-order valence-electron chi connectivity index (χ1n) is 2.84. The number of aliphatic hydroxyl groups excluding tert-OH is 1. The highest BCUT2D eigenvalue weighted by molar-refractivity contribution is 5.52. The zero-order valence-corrected chi connectivity index (χ0v) is 5.24. The second kappa shape index (κ2) is 2.19. The van der Waals surface area contributed by atoms with Crippen molar-refractivity contribution in [2.75, 3.05) is 0 Å². The highest BCUT2D eigenvalue weighted by atomic mass is 16.3. The van der Waals surface area contributed by atoms with E-state index < -0.39 is 6.23 Å². The number of carbonyl (C=O) groups excluding carboxylic acids is 1. The summed E-state index contributed by atoms with van der Waals surface area (Å²) in [5.74, 6) is 0. The van der Waals surface area contributed by atoms with E-state index in [1.165, 1.54) is 4.90 Å². The molecule has 9 heavy (non-hydrogen) atoms. The van der Waals surface area contributed by atoms with Crippen LogP contribution in [0.5, 0.6) is 0 Å². The van der Waals surface area contributed by atoms with Crippen molar-refractivity contribution in [3.05, 3.63) is 11.8 Å². The monoisotopic (exact) mass is 127 g/mol. The minimum atomic E-state index is -0.623.